The van der Waals surface area contributed by atoms with E-state index in [9.17, 15) is 0 Å². The lowest BCUT2D eigenvalue weighted by molar-refractivity contribution is -0.110. The van der Waals surface area contributed by atoms with Crippen LogP contribution in [0.1, 0.15) is 82.1 Å². The second kappa shape index (κ2) is 8.15. The monoisotopic (exact) mass is 314 g/mol. The third-order valence-electron chi connectivity index (χ3n) is 5.53. The maximum absolute atomic E-state index is 6.17. The molecule has 0 aromatic rings. The van der Waals surface area contributed by atoms with Crippen molar-refractivity contribution in [1.29, 1.82) is 0 Å². The van der Waals surface area contributed by atoms with Crippen molar-refractivity contribution in [1.82, 2.24) is 0 Å². The summed E-state index contributed by atoms with van der Waals surface area (Å²) < 4.78 is 11.5. The highest BCUT2D eigenvalue weighted by Gasteiger charge is 2.46. The predicted octanol–water partition coefficient (Wildman–Crippen LogP) is 5.94. The topological polar surface area (TPSA) is 18.5 Å². The van der Waals surface area contributed by atoms with E-state index in [2.05, 4.69) is 69.2 Å². The zero-order valence-corrected chi connectivity index (χ0v) is 17.2. The first kappa shape index (κ1) is 21.9. The standard InChI is InChI=1S/C20H42O2/c1-15(2)17(12-13-21-11)20(9,10)18(5,6)14-19(7,8)22-16(3)4/h15-17H,12-14H2,1-11H3. The van der Waals surface area contributed by atoms with E-state index in [1.54, 1.807) is 7.11 Å². The van der Waals surface area contributed by atoms with Crippen molar-refractivity contribution in [2.75, 3.05) is 13.7 Å². The second-order valence-electron chi connectivity index (χ2n) is 9.34. The molecule has 0 aromatic carbocycles. The fourth-order valence-electron chi connectivity index (χ4n) is 4.25. The molecule has 134 valence electrons. The third kappa shape index (κ3) is 6.20. The van der Waals surface area contributed by atoms with E-state index >= 15 is 0 Å². The fraction of sp³-hybridized carbons (Fsp3) is 1.00. The first-order valence-corrected chi connectivity index (χ1v) is 8.93. The summed E-state index contributed by atoms with van der Waals surface area (Å²) in [5, 5.41) is 0. The summed E-state index contributed by atoms with van der Waals surface area (Å²) in [6.07, 6.45) is 2.44. The Kier molecular flexibility index (Phi) is 8.12. The van der Waals surface area contributed by atoms with Gasteiger partial charge in [-0.1, -0.05) is 41.5 Å². The minimum absolute atomic E-state index is 0.0995. The van der Waals surface area contributed by atoms with Gasteiger partial charge in [0.15, 0.2) is 0 Å². The maximum Gasteiger partial charge on any atom is 0.0635 e. The Labute approximate surface area is 140 Å². The Morgan fingerprint density at radius 3 is 1.73 bits per heavy atom. The fourth-order valence-corrected chi connectivity index (χ4v) is 4.25. The van der Waals surface area contributed by atoms with E-state index in [1.165, 1.54) is 0 Å². The second-order valence-corrected chi connectivity index (χ2v) is 9.34. The summed E-state index contributed by atoms with van der Waals surface area (Å²) in [6, 6.07) is 0. The van der Waals surface area contributed by atoms with Crippen molar-refractivity contribution < 1.29 is 9.47 Å². The van der Waals surface area contributed by atoms with E-state index in [0.29, 0.717) is 11.8 Å². The Morgan fingerprint density at radius 1 is 0.864 bits per heavy atom. The van der Waals surface area contributed by atoms with Gasteiger partial charge in [-0.05, 0) is 63.2 Å². The van der Waals surface area contributed by atoms with E-state index in [1.807, 2.05) is 0 Å². The molecule has 0 heterocycles. The van der Waals surface area contributed by atoms with Crippen LogP contribution in [0.5, 0.6) is 0 Å². The minimum atomic E-state index is -0.0995. The van der Waals surface area contributed by atoms with Gasteiger partial charge in [-0.15, -0.1) is 0 Å². The van der Waals surface area contributed by atoms with Gasteiger partial charge in [-0.2, -0.15) is 0 Å². The van der Waals surface area contributed by atoms with Crippen LogP contribution in [-0.4, -0.2) is 25.4 Å². The molecular formula is C20H42O2. The minimum Gasteiger partial charge on any atom is -0.385 e. The van der Waals surface area contributed by atoms with E-state index < -0.39 is 0 Å². The molecule has 0 saturated heterocycles. The van der Waals surface area contributed by atoms with Gasteiger partial charge in [0.2, 0.25) is 0 Å². The number of rotatable bonds is 10. The molecule has 0 N–H and O–H groups in total. The van der Waals surface area contributed by atoms with Crippen LogP contribution in [0.4, 0.5) is 0 Å². The van der Waals surface area contributed by atoms with Crippen LogP contribution in [0.2, 0.25) is 0 Å². The van der Waals surface area contributed by atoms with Crippen molar-refractivity contribution in [3.05, 3.63) is 0 Å². The quantitative estimate of drug-likeness (QED) is 0.496. The normalized spacial score (nSPS) is 15.7. The highest BCUT2D eigenvalue weighted by Crippen LogP contribution is 2.52. The van der Waals surface area contributed by atoms with Crippen LogP contribution in [0, 0.1) is 22.7 Å². The molecule has 1 unspecified atom stereocenters. The highest BCUT2D eigenvalue weighted by molar-refractivity contribution is 4.95. The van der Waals surface area contributed by atoms with Gasteiger partial charge in [0.25, 0.3) is 0 Å². The average molecular weight is 315 g/mol. The summed E-state index contributed by atoms with van der Waals surface area (Å²) in [4.78, 5) is 0. The van der Waals surface area contributed by atoms with E-state index in [4.69, 9.17) is 9.47 Å². The molecule has 0 spiro atoms. The van der Waals surface area contributed by atoms with Crippen LogP contribution < -0.4 is 0 Å². The first-order chi connectivity index (χ1) is 9.77. The van der Waals surface area contributed by atoms with E-state index in [-0.39, 0.29) is 22.5 Å². The summed E-state index contributed by atoms with van der Waals surface area (Å²) in [6.45, 7) is 23.9. The Bertz CT molecular complexity index is 314. The van der Waals surface area contributed by atoms with Gasteiger partial charge in [-0.25, -0.2) is 0 Å². The van der Waals surface area contributed by atoms with Gasteiger partial charge in [0.05, 0.1) is 11.7 Å². The molecule has 0 fully saturated rings. The Hall–Kier alpha value is -0.0800. The molecule has 0 saturated carbocycles. The molecule has 0 radical (unpaired) electrons. The van der Waals surface area contributed by atoms with Crippen LogP contribution in [-0.2, 0) is 9.47 Å². The van der Waals surface area contributed by atoms with Crippen molar-refractivity contribution in [3.8, 4) is 0 Å². The van der Waals surface area contributed by atoms with Crippen molar-refractivity contribution in [3.63, 3.8) is 0 Å². The third-order valence-corrected chi connectivity index (χ3v) is 5.53. The Morgan fingerprint density at radius 2 is 1.36 bits per heavy atom. The lowest BCUT2D eigenvalue weighted by Crippen LogP contribution is -2.46. The molecule has 0 rings (SSSR count). The summed E-state index contributed by atoms with van der Waals surface area (Å²) in [5.41, 5.74) is 0.309. The number of methoxy groups -OCH3 is 1. The van der Waals surface area contributed by atoms with Crippen LogP contribution in [0.25, 0.3) is 0 Å². The number of ether oxygens (including phenoxy) is 2. The molecule has 0 amide bonds. The molecule has 0 bridgehead atoms. The zero-order valence-electron chi connectivity index (χ0n) is 17.2. The number of hydrogen-bond acceptors (Lipinski definition) is 2. The van der Waals surface area contributed by atoms with Crippen molar-refractivity contribution in [2.24, 2.45) is 22.7 Å². The van der Waals surface area contributed by atoms with Gasteiger partial charge in [0, 0.05) is 13.7 Å². The predicted molar refractivity (Wildman–Crippen MR) is 97.3 cm³/mol. The van der Waals surface area contributed by atoms with Gasteiger partial charge in [0.1, 0.15) is 0 Å². The maximum atomic E-state index is 6.17. The SMILES string of the molecule is COCCC(C(C)C)C(C)(C)C(C)(C)CC(C)(C)OC(C)C. The van der Waals surface area contributed by atoms with Gasteiger partial charge >= 0.3 is 0 Å². The van der Waals surface area contributed by atoms with Crippen LogP contribution in [0.3, 0.4) is 0 Å². The highest BCUT2D eigenvalue weighted by atomic mass is 16.5. The smallest absolute Gasteiger partial charge is 0.0635 e. The molecular weight excluding hydrogens is 272 g/mol. The molecule has 1 atom stereocenters. The summed E-state index contributed by atoms with van der Waals surface area (Å²) in [5.74, 6) is 1.29. The van der Waals surface area contributed by atoms with Crippen LogP contribution >= 0.6 is 0 Å². The molecule has 0 aliphatic rings. The molecule has 0 aliphatic heterocycles. The van der Waals surface area contributed by atoms with E-state index in [0.717, 1.165) is 19.4 Å². The van der Waals surface area contributed by atoms with Crippen LogP contribution in [0.15, 0.2) is 0 Å². The summed E-state index contributed by atoms with van der Waals surface area (Å²) in [7, 11) is 1.80. The molecule has 2 heteroatoms. The van der Waals surface area contributed by atoms with Gasteiger partial charge < -0.3 is 9.47 Å². The first-order valence-electron chi connectivity index (χ1n) is 8.93. The number of hydrogen-bond donors (Lipinski definition) is 0. The lowest BCUT2D eigenvalue weighted by atomic mass is 9.55. The largest absolute Gasteiger partial charge is 0.385 e. The molecule has 0 aliphatic carbocycles. The van der Waals surface area contributed by atoms with Gasteiger partial charge in [-0.3, -0.25) is 0 Å². The molecule has 2 nitrogen and oxygen atoms in total. The Balaban J connectivity index is 5.25. The molecule has 22 heavy (non-hydrogen) atoms. The lowest BCUT2D eigenvalue weighted by Gasteiger charge is -2.51. The summed E-state index contributed by atoms with van der Waals surface area (Å²) >= 11 is 0. The van der Waals surface area contributed by atoms with Crippen molar-refractivity contribution >= 4 is 0 Å². The average Bonchev–Trinajstić information content (AvgIpc) is 2.24. The van der Waals surface area contributed by atoms with Crippen molar-refractivity contribution in [2.45, 2.75) is 93.8 Å². The molecule has 0 aromatic heterocycles. The zero-order chi connectivity index (χ0) is 17.8.